The fourth-order valence-electron chi connectivity index (χ4n) is 3.79. The molecule has 118 valence electrons. The van der Waals surface area contributed by atoms with E-state index in [1.165, 1.54) is 55.9 Å². The van der Waals surface area contributed by atoms with Gasteiger partial charge in [0.05, 0.1) is 11.2 Å². The Morgan fingerprint density at radius 2 is 1.86 bits per heavy atom. The SMILES string of the molecule is CC(C)NC1(c2nc3c(s2)CCC3)CCN(C(C)C)CC1. The molecule has 1 aromatic rings. The number of hydrogen-bond donors (Lipinski definition) is 1. The second kappa shape index (κ2) is 5.98. The molecule has 0 saturated carbocycles. The van der Waals surface area contributed by atoms with E-state index in [4.69, 9.17) is 4.98 Å². The third-order valence-electron chi connectivity index (χ3n) is 4.95. The monoisotopic (exact) mass is 307 g/mol. The summed E-state index contributed by atoms with van der Waals surface area (Å²) in [7, 11) is 0. The number of rotatable bonds is 4. The van der Waals surface area contributed by atoms with Crippen molar-refractivity contribution in [3.8, 4) is 0 Å². The summed E-state index contributed by atoms with van der Waals surface area (Å²) in [6, 6.07) is 1.16. The number of aromatic nitrogens is 1. The molecule has 1 aliphatic carbocycles. The van der Waals surface area contributed by atoms with Gasteiger partial charge in [-0.05, 0) is 59.8 Å². The molecule has 0 radical (unpaired) electrons. The van der Waals surface area contributed by atoms with Crippen LogP contribution in [0.4, 0.5) is 0 Å². The Kier molecular flexibility index (Phi) is 4.40. The van der Waals surface area contributed by atoms with Gasteiger partial charge in [0.2, 0.25) is 0 Å². The largest absolute Gasteiger partial charge is 0.303 e. The van der Waals surface area contributed by atoms with Crippen LogP contribution in [0.2, 0.25) is 0 Å². The summed E-state index contributed by atoms with van der Waals surface area (Å²) < 4.78 is 0. The Bertz CT molecular complexity index is 463. The number of likely N-dealkylation sites (tertiary alicyclic amines) is 1. The molecule has 0 bridgehead atoms. The van der Waals surface area contributed by atoms with Gasteiger partial charge < -0.3 is 10.2 Å². The first-order chi connectivity index (χ1) is 10.00. The second-order valence-electron chi connectivity index (χ2n) is 7.25. The van der Waals surface area contributed by atoms with Crippen molar-refractivity contribution in [2.24, 2.45) is 0 Å². The lowest BCUT2D eigenvalue weighted by Gasteiger charge is -2.43. The first-order valence-corrected chi connectivity index (χ1v) is 9.32. The molecule has 0 amide bonds. The maximum Gasteiger partial charge on any atom is 0.113 e. The summed E-state index contributed by atoms with van der Waals surface area (Å²) in [6.45, 7) is 11.5. The van der Waals surface area contributed by atoms with Crippen LogP contribution < -0.4 is 5.32 Å². The molecule has 1 fully saturated rings. The van der Waals surface area contributed by atoms with Crippen molar-refractivity contribution in [2.45, 2.75) is 77.4 Å². The van der Waals surface area contributed by atoms with Crippen LogP contribution in [0.3, 0.4) is 0 Å². The lowest BCUT2D eigenvalue weighted by atomic mass is 9.86. The summed E-state index contributed by atoms with van der Waals surface area (Å²) in [6.07, 6.45) is 6.14. The number of piperidine rings is 1. The highest BCUT2D eigenvalue weighted by Gasteiger charge is 2.40. The Balaban J connectivity index is 1.83. The van der Waals surface area contributed by atoms with E-state index in [2.05, 4.69) is 37.9 Å². The second-order valence-corrected chi connectivity index (χ2v) is 8.34. The van der Waals surface area contributed by atoms with E-state index < -0.39 is 0 Å². The summed E-state index contributed by atoms with van der Waals surface area (Å²) in [5.74, 6) is 0. The van der Waals surface area contributed by atoms with Gasteiger partial charge in [-0.25, -0.2) is 4.98 Å². The molecule has 3 rings (SSSR count). The Labute approximate surface area is 133 Å². The quantitative estimate of drug-likeness (QED) is 0.925. The lowest BCUT2D eigenvalue weighted by molar-refractivity contribution is 0.103. The summed E-state index contributed by atoms with van der Waals surface area (Å²) in [5, 5.41) is 5.25. The lowest BCUT2D eigenvalue weighted by Crippen LogP contribution is -2.54. The van der Waals surface area contributed by atoms with Crippen LogP contribution in [0.25, 0.3) is 0 Å². The van der Waals surface area contributed by atoms with Crippen LogP contribution in [0.15, 0.2) is 0 Å². The Morgan fingerprint density at radius 3 is 2.43 bits per heavy atom. The molecule has 1 aliphatic heterocycles. The van der Waals surface area contributed by atoms with Crippen molar-refractivity contribution >= 4 is 11.3 Å². The number of nitrogens with one attached hydrogen (secondary N) is 1. The van der Waals surface area contributed by atoms with Crippen LogP contribution >= 0.6 is 11.3 Å². The first-order valence-electron chi connectivity index (χ1n) is 8.51. The number of thiazole rings is 1. The highest BCUT2D eigenvalue weighted by atomic mass is 32.1. The smallest absolute Gasteiger partial charge is 0.113 e. The van der Waals surface area contributed by atoms with Crippen LogP contribution in [0.5, 0.6) is 0 Å². The minimum absolute atomic E-state index is 0.120. The van der Waals surface area contributed by atoms with Gasteiger partial charge in [0.25, 0.3) is 0 Å². The number of aryl methyl sites for hydroxylation is 2. The van der Waals surface area contributed by atoms with E-state index in [9.17, 15) is 0 Å². The van der Waals surface area contributed by atoms with Gasteiger partial charge in [0, 0.05) is 30.1 Å². The minimum Gasteiger partial charge on any atom is -0.303 e. The van der Waals surface area contributed by atoms with Crippen molar-refractivity contribution in [1.82, 2.24) is 15.2 Å². The van der Waals surface area contributed by atoms with E-state index in [0.29, 0.717) is 12.1 Å². The molecule has 4 heteroatoms. The van der Waals surface area contributed by atoms with Crippen molar-refractivity contribution < 1.29 is 0 Å². The highest BCUT2D eigenvalue weighted by molar-refractivity contribution is 7.12. The van der Waals surface area contributed by atoms with Crippen molar-refractivity contribution in [3.05, 3.63) is 15.6 Å². The van der Waals surface area contributed by atoms with Crippen molar-refractivity contribution in [2.75, 3.05) is 13.1 Å². The molecule has 1 aromatic heterocycles. The van der Waals surface area contributed by atoms with Crippen LogP contribution in [0, 0.1) is 0 Å². The van der Waals surface area contributed by atoms with Gasteiger partial charge in [0.1, 0.15) is 5.01 Å². The van der Waals surface area contributed by atoms with Gasteiger partial charge in [0.15, 0.2) is 0 Å². The van der Waals surface area contributed by atoms with E-state index in [1.807, 2.05) is 11.3 Å². The average molecular weight is 308 g/mol. The first kappa shape index (κ1) is 15.4. The molecule has 0 aromatic carbocycles. The standard InChI is InChI=1S/C17H29N3S/c1-12(2)19-17(8-10-20(11-9-17)13(3)4)16-18-14-6-5-7-15(14)21-16/h12-13,19H,5-11H2,1-4H3. The maximum absolute atomic E-state index is 5.05. The van der Waals surface area contributed by atoms with E-state index in [-0.39, 0.29) is 5.54 Å². The van der Waals surface area contributed by atoms with Gasteiger partial charge in [-0.15, -0.1) is 11.3 Å². The molecular weight excluding hydrogens is 278 g/mol. The topological polar surface area (TPSA) is 28.2 Å². The fraction of sp³-hybridized carbons (Fsp3) is 0.824. The van der Waals surface area contributed by atoms with E-state index in [1.54, 1.807) is 4.88 Å². The van der Waals surface area contributed by atoms with E-state index >= 15 is 0 Å². The molecular formula is C17H29N3S. The average Bonchev–Trinajstić information content (AvgIpc) is 2.99. The fourth-order valence-corrected chi connectivity index (χ4v) is 5.15. The summed E-state index contributed by atoms with van der Waals surface area (Å²) in [5.41, 5.74) is 1.51. The maximum atomic E-state index is 5.05. The van der Waals surface area contributed by atoms with Gasteiger partial charge >= 0.3 is 0 Å². The zero-order valence-electron chi connectivity index (χ0n) is 13.9. The third-order valence-corrected chi connectivity index (χ3v) is 6.31. The molecule has 0 spiro atoms. The zero-order chi connectivity index (χ0) is 15.0. The summed E-state index contributed by atoms with van der Waals surface area (Å²) in [4.78, 5) is 9.20. The van der Waals surface area contributed by atoms with Crippen LogP contribution in [0.1, 0.15) is 62.5 Å². The third kappa shape index (κ3) is 3.03. The molecule has 21 heavy (non-hydrogen) atoms. The van der Waals surface area contributed by atoms with E-state index in [0.717, 1.165) is 0 Å². The minimum atomic E-state index is 0.120. The molecule has 1 N–H and O–H groups in total. The Hall–Kier alpha value is -0.450. The predicted molar refractivity (Wildman–Crippen MR) is 90.0 cm³/mol. The van der Waals surface area contributed by atoms with Crippen LogP contribution in [-0.4, -0.2) is 35.1 Å². The highest BCUT2D eigenvalue weighted by Crippen LogP contribution is 2.39. The zero-order valence-corrected chi connectivity index (χ0v) is 14.7. The summed E-state index contributed by atoms with van der Waals surface area (Å²) >= 11 is 1.99. The number of nitrogens with zero attached hydrogens (tertiary/aromatic N) is 2. The molecule has 1 saturated heterocycles. The normalized spacial score (nSPS) is 22.2. The number of fused-ring (bicyclic) bond motifs is 1. The van der Waals surface area contributed by atoms with Crippen molar-refractivity contribution in [1.29, 1.82) is 0 Å². The molecule has 0 atom stereocenters. The molecule has 0 unspecified atom stereocenters. The molecule has 2 aliphatic rings. The Morgan fingerprint density at radius 1 is 1.14 bits per heavy atom. The van der Waals surface area contributed by atoms with Gasteiger partial charge in [-0.2, -0.15) is 0 Å². The molecule has 2 heterocycles. The van der Waals surface area contributed by atoms with Gasteiger partial charge in [-0.3, -0.25) is 0 Å². The predicted octanol–water partition coefficient (Wildman–Crippen LogP) is 3.33. The van der Waals surface area contributed by atoms with Gasteiger partial charge in [-0.1, -0.05) is 0 Å². The van der Waals surface area contributed by atoms with Crippen molar-refractivity contribution in [3.63, 3.8) is 0 Å². The number of hydrogen-bond acceptors (Lipinski definition) is 4. The van der Waals surface area contributed by atoms with Crippen LogP contribution in [-0.2, 0) is 18.4 Å². The molecule has 3 nitrogen and oxygen atoms in total.